The second-order valence-corrected chi connectivity index (χ2v) is 6.85. The maximum absolute atomic E-state index is 12.2. The van der Waals surface area contributed by atoms with Gasteiger partial charge in [-0.2, -0.15) is 11.8 Å². The van der Waals surface area contributed by atoms with E-state index in [4.69, 9.17) is 0 Å². The first-order chi connectivity index (χ1) is 8.93. The average molecular weight is 287 g/mol. The number of thioether (sulfide) groups is 1. The Morgan fingerprint density at radius 3 is 2.47 bits per heavy atom. The number of nitrogens with zero attached hydrogens (tertiary/aromatic N) is 1. The summed E-state index contributed by atoms with van der Waals surface area (Å²) in [5.41, 5.74) is -0.775. The van der Waals surface area contributed by atoms with Crippen molar-refractivity contribution < 1.29 is 14.7 Å². The molecule has 1 N–H and O–H groups in total. The number of hydrogen-bond acceptors (Lipinski definition) is 3. The first kappa shape index (κ1) is 16.3. The molecule has 0 aromatic heterocycles. The zero-order chi connectivity index (χ0) is 14.5. The molecule has 1 atom stereocenters. The van der Waals surface area contributed by atoms with Crippen LogP contribution in [0.4, 0.5) is 0 Å². The van der Waals surface area contributed by atoms with Gasteiger partial charge in [-0.25, -0.2) is 0 Å². The Labute approximate surface area is 119 Å². The number of aliphatic carboxylic acids is 1. The maximum atomic E-state index is 12.2. The largest absolute Gasteiger partial charge is 0.481 e. The smallest absolute Gasteiger partial charge is 0.310 e. The van der Waals surface area contributed by atoms with Crippen molar-refractivity contribution >= 4 is 23.6 Å². The molecule has 1 unspecified atom stereocenters. The topological polar surface area (TPSA) is 57.6 Å². The van der Waals surface area contributed by atoms with Crippen molar-refractivity contribution in [3.05, 3.63) is 0 Å². The normalized spacial score (nSPS) is 18.5. The van der Waals surface area contributed by atoms with Gasteiger partial charge >= 0.3 is 5.97 Å². The molecule has 0 aromatic rings. The van der Waals surface area contributed by atoms with E-state index in [-0.39, 0.29) is 18.4 Å². The van der Waals surface area contributed by atoms with Gasteiger partial charge < -0.3 is 10.0 Å². The average Bonchev–Trinajstić information content (AvgIpc) is 2.32. The van der Waals surface area contributed by atoms with Crippen LogP contribution in [0.1, 0.15) is 46.0 Å². The van der Waals surface area contributed by atoms with Crippen molar-refractivity contribution in [1.29, 1.82) is 0 Å². The Morgan fingerprint density at radius 1 is 1.42 bits per heavy atom. The fourth-order valence-corrected chi connectivity index (χ4v) is 3.12. The van der Waals surface area contributed by atoms with Crippen molar-refractivity contribution in [1.82, 2.24) is 4.90 Å². The Morgan fingerprint density at radius 2 is 2.05 bits per heavy atom. The van der Waals surface area contributed by atoms with Crippen LogP contribution < -0.4 is 0 Å². The maximum Gasteiger partial charge on any atom is 0.310 e. The SMILES string of the molecule is CCSCCC(C)N(C)C(=O)CC1(C(=O)O)CCC1. The fourth-order valence-electron chi connectivity index (χ4n) is 2.32. The lowest BCUT2D eigenvalue weighted by Crippen LogP contribution is -2.45. The van der Waals surface area contributed by atoms with Crippen LogP contribution in [0.3, 0.4) is 0 Å². The summed E-state index contributed by atoms with van der Waals surface area (Å²) in [6.07, 6.45) is 3.32. The van der Waals surface area contributed by atoms with E-state index in [9.17, 15) is 14.7 Å². The Bertz CT molecular complexity index is 329. The van der Waals surface area contributed by atoms with E-state index < -0.39 is 11.4 Å². The third-order valence-corrected chi connectivity index (χ3v) is 5.13. The lowest BCUT2D eigenvalue weighted by atomic mass is 9.66. The molecule has 1 amide bonds. The van der Waals surface area contributed by atoms with E-state index in [1.54, 1.807) is 11.9 Å². The second-order valence-electron chi connectivity index (χ2n) is 5.46. The van der Waals surface area contributed by atoms with E-state index in [0.29, 0.717) is 12.8 Å². The number of amides is 1. The number of carbonyl (C=O) groups excluding carboxylic acids is 1. The molecule has 1 aliphatic rings. The number of hydrogen-bond donors (Lipinski definition) is 1. The summed E-state index contributed by atoms with van der Waals surface area (Å²) in [5, 5.41) is 9.25. The quantitative estimate of drug-likeness (QED) is 0.697. The highest BCUT2D eigenvalue weighted by molar-refractivity contribution is 7.99. The summed E-state index contributed by atoms with van der Waals surface area (Å²) >= 11 is 1.87. The molecule has 1 saturated carbocycles. The fraction of sp³-hybridized carbons (Fsp3) is 0.857. The summed E-state index contributed by atoms with van der Waals surface area (Å²) in [6, 6.07) is 0.178. The van der Waals surface area contributed by atoms with Crippen LogP contribution in [0.2, 0.25) is 0 Å². The number of carboxylic acids is 1. The van der Waals surface area contributed by atoms with Gasteiger partial charge in [-0.1, -0.05) is 13.3 Å². The van der Waals surface area contributed by atoms with Crippen LogP contribution in [0.5, 0.6) is 0 Å². The van der Waals surface area contributed by atoms with Gasteiger partial charge in [0, 0.05) is 19.5 Å². The zero-order valence-electron chi connectivity index (χ0n) is 12.1. The number of carbonyl (C=O) groups is 2. The third-order valence-electron chi connectivity index (χ3n) is 4.19. The molecule has 0 radical (unpaired) electrons. The molecule has 110 valence electrons. The number of rotatable bonds is 8. The summed E-state index contributed by atoms with van der Waals surface area (Å²) in [6.45, 7) is 4.15. The predicted octanol–water partition coefficient (Wildman–Crippen LogP) is 2.62. The van der Waals surface area contributed by atoms with E-state index in [1.807, 2.05) is 18.7 Å². The van der Waals surface area contributed by atoms with Gasteiger partial charge in [0.15, 0.2) is 0 Å². The van der Waals surface area contributed by atoms with Gasteiger partial charge in [0.05, 0.1) is 5.41 Å². The molecule has 1 fully saturated rings. The lowest BCUT2D eigenvalue weighted by molar-refractivity contribution is -0.159. The molecule has 0 saturated heterocycles. The van der Waals surface area contributed by atoms with Crippen LogP contribution in [-0.2, 0) is 9.59 Å². The minimum atomic E-state index is -0.810. The summed E-state index contributed by atoms with van der Waals surface area (Å²) in [4.78, 5) is 25.2. The summed E-state index contributed by atoms with van der Waals surface area (Å²) in [5.74, 6) is 1.29. The first-order valence-corrected chi connectivity index (χ1v) is 8.15. The molecule has 0 heterocycles. The van der Waals surface area contributed by atoms with Gasteiger partial charge in [0.25, 0.3) is 0 Å². The highest BCUT2D eigenvalue weighted by Gasteiger charge is 2.46. The van der Waals surface area contributed by atoms with Crippen LogP contribution >= 0.6 is 11.8 Å². The van der Waals surface area contributed by atoms with Gasteiger partial charge in [-0.3, -0.25) is 9.59 Å². The van der Waals surface area contributed by atoms with E-state index in [1.165, 1.54) is 0 Å². The van der Waals surface area contributed by atoms with Crippen molar-refractivity contribution in [3.63, 3.8) is 0 Å². The molecule has 0 spiro atoms. The molecular formula is C14H25NO3S. The summed E-state index contributed by atoms with van der Waals surface area (Å²) in [7, 11) is 1.79. The van der Waals surface area contributed by atoms with Crippen molar-refractivity contribution in [2.75, 3.05) is 18.6 Å². The molecule has 5 heteroatoms. The highest BCUT2D eigenvalue weighted by atomic mass is 32.2. The van der Waals surface area contributed by atoms with Gasteiger partial charge in [-0.15, -0.1) is 0 Å². The van der Waals surface area contributed by atoms with E-state index in [2.05, 4.69) is 6.92 Å². The first-order valence-electron chi connectivity index (χ1n) is 7.00. The zero-order valence-corrected chi connectivity index (χ0v) is 13.0. The monoisotopic (exact) mass is 287 g/mol. The molecule has 4 nitrogen and oxygen atoms in total. The van der Waals surface area contributed by atoms with Gasteiger partial charge in [0.2, 0.25) is 5.91 Å². The minimum Gasteiger partial charge on any atom is -0.481 e. The Balaban J connectivity index is 2.45. The number of carboxylic acid groups (broad SMARTS) is 1. The van der Waals surface area contributed by atoms with Gasteiger partial charge in [0.1, 0.15) is 0 Å². The standard InChI is InChI=1S/C14H25NO3S/c1-4-19-9-6-11(2)15(3)12(16)10-14(13(17)18)7-5-8-14/h11H,4-10H2,1-3H3,(H,17,18). The molecule has 1 rings (SSSR count). The lowest BCUT2D eigenvalue weighted by Gasteiger charge is -2.38. The van der Waals surface area contributed by atoms with Crippen molar-refractivity contribution in [2.24, 2.45) is 5.41 Å². The Hall–Kier alpha value is -0.710. The minimum absolute atomic E-state index is 0.0314. The molecular weight excluding hydrogens is 262 g/mol. The van der Waals surface area contributed by atoms with Crippen LogP contribution in [0, 0.1) is 5.41 Å². The van der Waals surface area contributed by atoms with Crippen LogP contribution in [-0.4, -0.2) is 46.5 Å². The Kier molecular flexibility index (Phi) is 6.17. The van der Waals surface area contributed by atoms with E-state index >= 15 is 0 Å². The molecule has 0 aliphatic heterocycles. The molecule has 0 bridgehead atoms. The van der Waals surface area contributed by atoms with Gasteiger partial charge in [-0.05, 0) is 37.7 Å². The van der Waals surface area contributed by atoms with Crippen LogP contribution in [0.15, 0.2) is 0 Å². The molecule has 1 aliphatic carbocycles. The second kappa shape index (κ2) is 7.17. The predicted molar refractivity (Wildman–Crippen MR) is 78.4 cm³/mol. The van der Waals surface area contributed by atoms with Crippen molar-refractivity contribution in [2.45, 2.75) is 52.0 Å². The molecule has 19 heavy (non-hydrogen) atoms. The summed E-state index contributed by atoms with van der Waals surface area (Å²) < 4.78 is 0. The van der Waals surface area contributed by atoms with E-state index in [0.717, 1.165) is 24.3 Å². The van der Waals surface area contributed by atoms with Crippen LogP contribution in [0.25, 0.3) is 0 Å². The highest BCUT2D eigenvalue weighted by Crippen LogP contribution is 2.44. The molecule has 0 aromatic carbocycles. The third kappa shape index (κ3) is 4.13. The van der Waals surface area contributed by atoms with Crippen molar-refractivity contribution in [3.8, 4) is 0 Å².